The first kappa shape index (κ1) is 17.6. The van der Waals surface area contributed by atoms with Crippen LogP contribution in [0.2, 0.25) is 0 Å². The van der Waals surface area contributed by atoms with Crippen molar-refractivity contribution in [3.05, 3.63) is 11.4 Å². The van der Waals surface area contributed by atoms with Gasteiger partial charge >= 0.3 is 5.97 Å². The molecule has 0 N–H and O–H groups in total. The fourth-order valence-corrected chi connectivity index (χ4v) is 2.99. The van der Waals surface area contributed by atoms with Gasteiger partial charge in [0.2, 0.25) is 0 Å². The Morgan fingerprint density at radius 2 is 2.00 bits per heavy atom. The molecule has 120 valence electrons. The van der Waals surface area contributed by atoms with Crippen LogP contribution in [0.3, 0.4) is 0 Å². The van der Waals surface area contributed by atoms with E-state index in [-0.39, 0.29) is 29.7 Å². The minimum Gasteiger partial charge on any atom is -0.461 e. The predicted molar refractivity (Wildman–Crippen MR) is 78.8 cm³/mol. The second kappa shape index (κ2) is 7.53. The third-order valence-corrected chi connectivity index (χ3v) is 4.69. The Bertz CT molecular complexity index is 578. The van der Waals surface area contributed by atoms with Gasteiger partial charge < -0.3 is 4.74 Å². The number of sulfone groups is 1. The molecule has 0 bridgehead atoms. The van der Waals surface area contributed by atoms with E-state index in [9.17, 15) is 13.2 Å². The highest BCUT2D eigenvalue weighted by atomic mass is 32.2. The van der Waals surface area contributed by atoms with Crippen LogP contribution < -0.4 is 0 Å². The van der Waals surface area contributed by atoms with Crippen LogP contribution in [0.25, 0.3) is 0 Å². The number of esters is 1. The SMILES string of the molecule is CCCS(=O)(=O)CCn1nnc(C(=O)OCC(C)C)c1C. The average molecular weight is 317 g/mol. The summed E-state index contributed by atoms with van der Waals surface area (Å²) in [6.45, 7) is 7.89. The van der Waals surface area contributed by atoms with Crippen molar-refractivity contribution in [2.45, 2.75) is 40.7 Å². The number of ether oxygens (including phenoxy) is 1. The molecule has 7 nitrogen and oxygen atoms in total. The molecule has 0 saturated carbocycles. The lowest BCUT2D eigenvalue weighted by Crippen LogP contribution is -2.17. The van der Waals surface area contributed by atoms with Crippen molar-refractivity contribution in [3.63, 3.8) is 0 Å². The molecule has 0 fully saturated rings. The Balaban J connectivity index is 2.69. The van der Waals surface area contributed by atoms with Gasteiger partial charge in [0.25, 0.3) is 0 Å². The molecule has 0 aromatic carbocycles. The number of nitrogens with zero attached hydrogens (tertiary/aromatic N) is 3. The van der Waals surface area contributed by atoms with Crippen LogP contribution in [0.4, 0.5) is 0 Å². The van der Waals surface area contributed by atoms with Gasteiger partial charge in [0.1, 0.15) is 0 Å². The molecule has 0 atom stereocenters. The summed E-state index contributed by atoms with van der Waals surface area (Å²) in [6, 6.07) is 0. The number of carbonyl (C=O) groups is 1. The third-order valence-electron chi connectivity index (χ3n) is 2.85. The zero-order valence-electron chi connectivity index (χ0n) is 13.0. The normalized spacial score (nSPS) is 11.9. The van der Waals surface area contributed by atoms with Crippen LogP contribution in [0.5, 0.6) is 0 Å². The molecular formula is C13H23N3O4S. The van der Waals surface area contributed by atoms with Gasteiger partial charge in [-0.3, -0.25) is 0 Å². The maximum atomic E-state index is 11.8. The highest BCUT2D eigenvalue weighted by Crippen LogP contribution is 2.07. The van der Waals surface area contributed by atoms with Crippen LogP contribution in [0.1, 0.15) is 43.4 Å². The van der Waals surface area contributed by atoms with Crippen molar-refractivity contribution in [1.82, 2.24) is 15.0 Å². The van der Waals surface area contributed by atoms with Crippen molar-refractivity contribution in [3.8, 4) is 0 Å². The summed E-state index contributed by atoms with van der Waals surface area (Å²) in [5, 5.41) is 7.61. The van der Waals surface area contributed by atoms with Gasteiger partial charge in [-0.05, 0) is 19.3 Å². The summed E-state index contributed by atoms with van der Waals surface area (Å²) in [6.07, 6.45) is 0.589. The Morgan fingerprint density at radius 1 is 1.33 bits per heavy atom. The summed E-state index contributed by atoms with van der Waals surface area (Å²) < 4.78 is 29.9. The smallest absolute Gasteiger partial charge is 0.360 e. The number of hydrogen-bond donors (Lipinski definition) is 0. The number of aromatic nitrogens is 3. The Kier molecular flexibility index (Phi) is 6.32. The molecule has 0 amide bonds. The summed E-state index contributed by atoms with van der Waals surface area (Å²) in [7, 11) is -3.08. The molecular weight excluding hydrogens is 294 g/mol. The lowest BCUT2D eigenvalue weighted by atomic mass is 10.2. The quantitative estimate of drug-likeness (QED) is 0.670. The second-order valence-corrected chi connectivity index (χ2v) is 7.69. The van der Waals surface area contributed by atoms with Gasteiger partial charge in [-0.25, -0.2) is 17.9 Å². The van der Waals surface area contributed by atoms with Crippen molar-refractivity contribution in [2.75, 3.05) is 18.1 Å². The van der Waals surface area contributed by atoms with Crippen LogP contribution in [-0.2, 0) is 21.1 Å². The molecule has 0 aliphatic heterocycles. The second-order valence-electron chi connectivity index (χ2n) is 5.39. The summed E-state index contributed by atoms with van der Waals surface area (Å²) in [4.78, 5) is 11.8. The van der Waals surface area contributed by atoms with Crippen LogP contribution >= 0.6 is 0 Å². The first-order chi connectivity index (χ1) is 9.76. The monoisotopic (exact) mass is 317 g/mol. The van der Waals surface area contributed by atoms with Crippen LogP contribution in [0.15, 0.2) is 0 Å². The van der Waals surface area contributed by atoms with Crippen LogP contribution in [0, 0.1) is 12.8 Å². The minimum absolute atomic E-state index is 0.00841. The molecule has 0 aliphatic carbocycles. The Labute approximate surface area is 125 Å². The van der Waals surface area contributed by atoms with Crippen molar-refractivity contribution in [1.29, 1.82) is 0 Å². The molecule has 0 unspecified atom stereocenters. The maximum Gasteiger partial charge on any atom is 0.360 e. The first-order valence-corrected chi connectivity index (χ1v) is 8.86. The van der Waals surface area contributed by atoms with E-state index in [0.29, 0.717) is 18.7 Å². The van der Waals surface area contributed by atoms with Crippen LogP contribution in [-0.4, -0.2) is 47.5 Å². The maximum absolute atomic E-state index is 11.8. The van der Waals surface area contributed by atoms with E-state index < -0.39 is 15.8 Å². The highest BCUT2D eigenvalue weighted by Gasteiger charge is 2.19. The zero-order valence-corrected chi connectivity index (χ0v) is 13.8. The van der Waals surface area contributed by atoms with E-state index in [2.05, 4.69) is 10.3 Å². The van der Waals surface area contributed by atoms with Gasteiger partial charge in [-0.15, -0.1) is 5.10 Å². The number of hydrogen-bond acceptors (Lipinski definition) is 6. The van der Waals surface area contributed by atoms with Crippen molar-refractivity contribution < 1.29 is 17.9 Å². The molecule has 0 saturated heterocycles. The third kappa shape index (κ3) is 5.45. The van der Waals surface area contributed by atoms with E-state index in [0.717, 1.165) is 0 Å². The standard InChI is InChI=1S/C13H23N3O4S/c1-5-7-21(18,19)8-6-16-11(4)12(14-15-16)13(17)20-9-10(2)3/h10H,5-9H2,1-4H3. The zero-order chi connectivity index (χ0) is 16.0. The van der Waals surface area contributed by atoms with Crippen molar-refractivity contribution >= 4 is 15.8 Å². The summed E-state index contributed by atoms with van der Waals surface area (Å²) in [5.41, 5.74) is 0.666. The summed E-state index contributed by atoms with van der Waals surface area (Å²) >= 11 is 0. The van der Waals surface area contributed by atoms with E-state index in [4.69, 9.17) is 4.74 Å². The van der Waals surface area contributed by atoms with Gasteiger partial charge in [0.15, 0.2) is 15.5 Å². The molecule has 21 heavy (non-hydrogen) atoms. The van der Waals surface area contributed by atoms with Gasteiger partial charge in [0.05, 0.1) is 24.6 Å². The van der Waals surface area contributed by atoms with E-state index in [1.54, 1.807) is 6.92 Å². The highest BCUT2D eigenvalue weighted by molar-refractivity contribution is 7.91. The van der Waals surface area contributed by atoms with E-state index in [1.165, 1.54) is 4.68 Å². The molecule has 1 rings (SSSR count). The largest absolute Gasteiger partial charge is 0.461 e. The van der Waals surface area contributed by atoms with Gasteiger partial charge in [-0.1, -0.05) is 26.0 Å². The summed E-state index contributed by atoms with van der Waals surface area (Å²) in [5.74, 6) is -0.136. The van der Waals surface area contributed by atoms with Gasteiger partial charge in [0, 0.05) is 5.75 Å². The molecule has 1 aromatic rings. The average Bonchev–Trinajstić information content (AvgIpc) is 2.75. The van der Waals surface area contributed by atoms with E-state index in [1.807, 2.05) is 20.8 Å². The number of rotatable bonds is 8. The Hall–Kier alpha value is -1.44. The fraction of sp³-hybridized carbons (Fsp3) is 0.769. The first-order valence-electron chi connectivity index (χ1n) is 7.04. The minimum atomic E-state index is -3.08. The molecule has 8 heteroatoms. The molecule has 0 aliphatic rings. The lowest BCUT2D eigenvalue weighted by molar-refractivity contribution is 0.0451. The number of aryl methyl sites for hydroxylation is 1. The molecule has 0 spiro atoms. The molecule has 1 aromatic heterocycles. The van der Waals surface area contributed by atoms with Gasteiger partial charge in [-0.2, -0.15) is 0 Å². The lowest BCUT2D eigenvalue weighted by Gasteiger charge is -2.06. The topological polar surface area (TPSA) is 91.1 Å². The van der Waals surface area contributed by atoms with Crippen molar-refractivity contribution in [2.24, 2.45) is 5.92 Å². The Morgan fingerprint density at radius 3 is 2.57 bits per heavy atom. The number of carbonyl (C=O) groups excluding carboxylic acids is 1. The molecule has 1 heterocycles. The predicted octanol–water partition coefficient (Wildman–Crippen LogP) is 1.22. The fourth-order valence-electron chi connectivity index (χ4n) is 1.71. The molecule has 0 radical (unpaired) electrons. The van der Waals surface area contributed by atoms with E-state index >= 15 is 0 Å².